The van der Waals surface area contributed by atoms with Crippen molar-refractivity contribution in [2.75, 3.05) is 0 Å². The van der Waals surface area contributed by atoms with Crippen LogP contribution in [0.5, 0.6) is 0 Å². The van der Waals surface area contributed by atoms with Crippen LogP contribution in [0.25, 0.3) is 55.1 Å². The van der Waals surface area contributed by atoms with Crippen LogP contribution in [0, 0.1) is 0 Å². The molecular weight excluding hydrogens is 386 g/mol. The van der Waals surface area contributed by atoms with E-state index in [1.807, 2.05) is 6.20 Å². The fourth-order valence-electron chi connectivity index (χ4n) is 4.70. The summed E-state index contributed by atoms with van der Waals surface area (Å²) < 4.78 is 0. The van der Waals surface area contributed by atoms with Crippen molar-refractivity contribution in [3.05, 3.63) is 128 Å². The SMILES string of the molecule is c1ccc(-c2ccnc(-c3c4ccccc4c(-c4ccccc4)c4ccccc34)c2)cc1. The highest BCUT2D eigenvalue weighted by molar-refractivity contribution is 6.21. The molecule has 1 heteroatoms. The first kappa shape index (κ1) is 18.5. The molecule has 5 aromatic carbocycles. The van der Waals surface area contributed by atoms with Gasteiger partial charge in [0.05, 0.1) is 5.69 Å². The lowest BCUT2D eigenvalue weighted by molar-refractivity contribution is 1.34. The average molecular weight is 408 g/mol. The molecule has 1 aromatic heterocycles. The number of benzene rings is 5. The Bertz CT molecular complexity index is 1490. The highest BCUT2D eigenvalue weighted by Gasteiger charge is 2.17. The van der Waals surface area contributed by atoms with Gasteiger partial charge in [0.2, 0.25) is 0 Å². The van der Waals surface area contributed by atoms with E-state index in [1.54, 1.807) is 0 Å². The van der Waals surface area contributed by atoms with Gasteiger partial charge in [0, 0.05) is 11.8 Å². The average Bonchev–Trinajstić information content (AvgIpc) is 2.88. The van der Waals surface area contributed by atoms with E-state index in [-0.39, 0.29) is 0 Å². The molecule has 1 heterocycles. The third-order valence-electron chi connectivity index (χ3n) is 6.12. The molecule has 0 bridgehead atoms. The molecule has 0 aliphatic heterocycles. The Morgan fingerprint density at radius 1 is 0.375 bits per heavy atom. The van der Waals surface area contributed by atoms with Gasteiger partial charge in [-0.3, -0.25) is 4.98 Å². The molecule has 150 valence electrons. The summed E-state index contributed by atoms with van der Waals surface area (Å²) in [5.74, 6) is 0. The minimum Gasteiger partial charge on any atom is -0.256 e. The van der Waals surface area contributed by atoms with Crippen LogP contribution in [-0.4, -0.2) is 4.98 Å². The molecule has 0 saturated carbocycles. The molecule has 1 nitrogen and oxygen atoms in total. The molecular formula is C31H21N. The lowest BCUT2D eigenvalue weighted by atomic mass is 9.87. The summed E-state index contributed by atoms with van der Waals surface area (Å²) in [6.45, 7) is 0. The van der Waals surface area contributed by atoms with E-state index in [0.29, 0.717) is 0 Å². The summed E-state index contributed by atoms with van der Waals surface area (Å²) in [4.78, 5) is 4.84. The summed E-state index contributed by atoms with van der Waals surface area (Å²) >= 11 is 0. The second-order valence-electron chi connectivity index (χ2n) is 8.00. The first-order valence-corrected chi connectivity index (χ1v) is 10.9. The Labute approximate surface area is 187 Å². The highest BCUT2D eigenvalue weighted by Crippen LogP contribution is 2.43. The number of hydrogen-bond acceptors (Lipinski definition) is 1. The van der Waals surface area contributed by atoms with Crippen molar-refractivity contribution >= 4 is 21.5 Å². The first-order valence-electron chi connectivity index (χ1n) is 10.9. The topological polar surface area (TPSA) is 12.9 Å². The molecule has 0 N–H and O–H groups in total. The number of fused-ring (bicyclic) bond motifs is 2. The summed E-state index contributed by atoms with van der Waals surface area (Å²) in [5, 5.41) is 4.95. The molecule has 0 aliphatic carbocycles. The molecule has 6 rings (SSSR count). The predicted molar refractivity (Wildman–Crippen MR) is 136 cm³/mol. The van der Waals surface area contributed by atoms with Gasteiger partial charge in [-0.15, -0.1) is 0 Å². The van der Waals surface area contributed by atoms with E-state index in [0.717, 1.165) is 5.69 Å². The van der Waals surface area contributed by atoms with Crippen molar-refractivity contribution in [3.63, 3.8) is 0 Å². The monoisotopic (exact) mass is 407 g/mol. The minimum atomic E-state index is 0.998. The molecule has 0 atom stereocenters. The van der Waals surface area contributed by atoms with Crippen molar-refractivity contribution < 1.29 is 0 Å². The van der Waals surface area contributed by atoms with Gasteiger partial charge in [-0.25, -0.2) is 0 Å². The van der Waals surface area contributed by atoms with Gasteiger partial charge < -0.3 is 0 Å². The number of rotatable bonds is 3. The predicted octanol–water partition coefficient (Wildman–Crippen LogP) is 8.39. The van der Waals surface area contributed by atoms with Crippen LogP contribution in [0.2, 0.25) is 0 Å². The second kappa shape index (κ2) is 7.79. The Hall–Kier alpha value is -4.23. The second-order valence-corrected chi connectivity index (χ2v) is 8.00. The summed E-state index contributed by atoms with van der Waals surface area (Å²) in [6.07, 6.45) is 1.92. The lowest BCUT2D eigenvalue weighted by Gasteiger charge is -2.17. The molecule has 0 saturated heterocycles. The zero-order valence-electron chi connectivity index (χ0n) is 17.6. The number of hydrogen-bond donors (Lipinski definition) is 0. The molecule has 32 heavy (non-hydrogen) atoms. The fraction of sp³-hybridized carbons (Fsp3) is 0. The summed E-state index contributed by atoms with van der Waals surface area (Å²) in [6, 6.07) is 42.9. The Morgan fingerprint density at radius 2 is 0.844 bits per heavy atom. The largest absolute Gasteiger partial charge is 0.256 e. The fourth-order valence-corrected chi connectivity index (χ4v) is 4.70. The maximum Gasteiger partial charge on any atom is 0.0720 e. The molecule has 0 amide bonds. The van der Waals surface area contributed by atoms with E-state index >= 15 is 0 Å². The van der Waals surface area contributed by atoms with Crippen molar-refractivity contribution in [3.8, 4) is 33.5 Å². The van der Waals surface area contributed by atoms with Crippen LogP contribution in [0.3, 0.4) is 0 Å². The minimum absolute atomic E-state index is 0.998. The van der Waals surface area contributed by atoms with Crippen LogP contribution in [0.15, 0.2) is 128 Å². The molecule has 0 aliphatic rings. The molecule has 0 fully saturated rings. The van der Waals surface area contributed by atoms with Crippen LogP contribution in [0.4, 0.5) is 0 Å². The van der Waals surface area contributed by atoms with Gasteiger partial charge in [0.25, 0.3) is 0 Å². The summed E-state index contributed by atoms with van der Waals surface area (Å²) in [7, 11) is 0. The number of nitrogens with zero attached hydrogens (tertiary/aromatic N) is 1. The normalized spacial score (nSPS) is 11.1. The van der Waals surface area contributed by atoms with Crippen LogP contribution < -0.4 is 0 Å². The van der Waals surface area contributed by atoms with Crippen molar-refractivity contribution in [2.24, 2.45) is 0 Å². The van der Waals surface area contributed by atoms with Gasteiger partial charge in [0.15, 0.2) is 0 Å². The van der Waals surface area contributed by atoms with E-state index in [9.17, 15) is 0 Å². The van der Waals surface area contributed by atoms with Gasteiger partial charge >= 0.3 is 0 Å². The Morgan fingerprint density at radius 3 is 1.41 bits per heavy atom. The van der Waals surface area contributed by atoms with Gasteiger partial charge in [-0.05, 0) is 55.9 Å². The smallest absolute Gasteiger partial charge is 0.0720 e. The van der Waals surface area contributed by atoms with Crippen LogP contribution >= 0.6 is 0 Å². The maximum atomic E-state index is 4.84. The Kier molecular flexibility index (Phi) is 4.51. The van der Waals surface area contributed by atoms with Crippen LogP contribution in [-0.2, 0) is 0 Å². The van der Waals surface area contributed by atoms with E-state index in [2.05, 4.69) is 121 Å². The van der Waals surface area contributed by atoms with Gasteiger partial charge in [-0.2, -0.15) is 0 Å². The zero-order chi connectivity index (χ0) is 21.3. The zero-order valence-corrected chi connectivity index (χ0v) is 17.6. The molecule has 0 radical (unpaired) electrons. The quantitative estimate of drug-likeness (QED) is 0.268. The van der Waals surface area contributed by atoms with Crippen molar-refractivity contribution in [2.45, 2.75) is 0 Å². The molecule has 0 unspecified atom stereocenters. The standard InChI is InChI=1S/C31H21N/c1-3-11-22(12-4-1)24-19-20-32-29(21-24)31-27-17-9-7-15-25(27)30(23-13-5-2-6-14-23)26-16-8-10-18-28(26)31/h1-21H. The third kappa shape index (κ3) is 3.07. The number of aromatic nitrogens is 1. The first-order chi connectivity index (χ1) is 15.9. The van der Waals surface area contributed by atoms with E-state index < -0.39 is 0 Å². The Balaban J connectivity index is 1.71. The van der Waals surface area contributed by atoms with Crippen LogP contribution in [0.1, 0.15) is 0 Å². The van der Waals surface area contributed by atoms with Crippen molar-refractivity contribution in [1.82, 2.24) is 4.98 Å². The van der Waals surface area contributed by atoms with Crippen molar-refractivity contribution in [1.29, 1.82) is 0 Å². The highest BCUT2D eigenvalue weighted by atomic mass is 14.7. The van der Waals surface area contributed by atoms with Gasteiger partial charge in [-0.1, -0.05) is 109 Å². The number of pyridine rings is 1. The van der Waals surface area contributed by atoms with E-state index in [4.69, 9.17) is 4.98 Å². The maximum absolute atomic E-state index is 4.84. The van der Waals surface area contributed by atoms with E-state index in [1.165, 1.54) is 49.4 Å². The summed E-state index contributed by atoms with van der Waals surface area (Å²) in [5.41, 5.74) is 7.07. The van der Waals surface area contributed by atoms with Gasteiger partial charge in [0.1, 0.15) is 0 Å². The lowest BCUT2D eigenvalue weighted by Crippen LogP contribution is -1.92. The molecule has 0 spiro atoms. The third-order valence-corrected chi connectivity index (χ3v) is 6.12. The molecule has 6 aromatic rings.